The van der Waals surface area contributed by atoms with E-state index in [-0.39, 0.29) is 22.9 Å². The number of amides is 1. The molecule has 0 unspecified atom stereocenters. The van der Waals surface area contributed by atoms with E-state index in [1.165, 1.54) is 12.1 Å². The van der Waals surface area contributed by atoms with Gasteiger partial charge in [-0.1, -0.05) is 44.9 Å². The maximum atomic E-state index is 12.4. The van der Waals surface area contributed by atoms with E-state index in [9.17, 15) is 14.4 Å². The molecular weight excluding hydrogens is 428 g/mol. The standard InChI is InChI=1S/C24H27ClN4O3/c1-4-5-9-29-10-8-17(12-22(29)31)20-13-21(30)28-23(27-20)18-11-16(6-7-19(18)25)14-26-24(32)15(2)3/h6-8,10-13,15H,4-5,9,14H2,1-3H3,(H,26,32)(H,27,28,30). The zero-order valence-corrected chi connectivity index (χ0v) is 19.2. The van der Waals surface area contributed by atoms with E-state index >= 15 is 0 Å². The summed E-state index contributed by atoms with van der Waals surface area (Å²) in [5, 5.41) is 3.28. The van der Waals surface area contributed by atoms with Crippen molar-refractivity contribution >= 4 is 17.5 Å². The molecule has 2 aromatic heterocycles. The third-order valence-electron chi connectivity index (χ3n) is 5.06. The van der Waals surface area contributed by atoms with Gasteiger partial charge < -0.3 is 14.9 Å². The van der Waals surface area contributed by atoms with Crippen molar-refractivity contribution in [3.05, 3.63) is 73.9 Å². The lowest BCUT2D eigenvalue weighted by molar-refractivity contribution is -0.124. The van der Waals surface area contributed by atoms with Crippen LogP contribution in [0.3, 0.4) is 0 Å². The summed E-state index contributed by atoms with van der Waals surface area (Å²) in [4.78, 5) is 43.9. The van der Waals surface area contributed by atoms with Gasteiger partial charge in [-0.25, -0.2) is 4.98 Å². The third kappa shape index (κ3) is 5.73. The number of nitrogens with one attached hydrogen (secondary N) is 2. The van der Waals surface area contributed by atoms with Crippen LogP contribution >= 0.6 is 11.6 Å². The van der Waals surface area contributed by atoms with Crippen LogP contribution in [0.5, 0.6) is 0 Å². The van der Waals surface area contributed by atoms with Crippen LogP contribution in [-0.4, -0.2) is 20.4 Å². The minimum atomic E-state index is -0.352. The molecule has 1 aromatic carbocycles. The molecule has 0 spiro atoms. The number of aromatic nitrogens is 3. The van der Waals surface area contributed by atoms with Gasteiger partial charge in [-0.05, 0) is 30.2 Å². The normalized spacial score (nSPS) is 11.0. The summed E-state index contributed by atoms with van der Waals surface area (Å²) < 4.78 is 1.65. The summed E-state index contributed by atoms with van der Waals surface area (Å²) in [5.74, 6) is 0.127. The first-order valence-electron chi connectivity index (χ1n) is 10.7. The largest absolute Gasteiger partial charge is 0.352 e. The topological polar surface area (TPSA) is 96.8 Å². The highest BCUT2D eigenvalue weighted by Gasteiger charge is 2.12. The van der Waals surface area contributed by atoms with Crippen LogP contribution in [-0.2, 0) is 17.9 Å². The highest BCUT2D eigenvalue weighted by Crippen LogP contribution is 2.27. The fourth-order valence-corrected chi connectivity index (χ4v) is 3.38. The molecule has 3 rings (SSSR count). The maximum absolute atomic E-state index is 12.4. The van der Waals surface area contributed by atoms with Crippen molar-refractivity contribution in [1.82, 2.24) is 19.9 Å². The molecule has 7 nitrogen and oxygen atoms in total. The molecule has 1 amide bonds. The van der Waals surface area contributed by atoms with E-state index in [4.69, 9.17) is 11.6 Å². The number of hydrogen-bond donors (Lipinski definition) is 2. The molecule has 0 aliphatic heterocycles. The van der Waals surface area contributed by atoms with E-state index in [2.05, 4.69) is 22.2 Å². The Morgan fingerprint density at radius 2 is 1.97 bits per heavy atom. The fourth-order valence-electron chi connectivity index (χ4n) is 3.17. The lowest BCUT2D eigenvalue weighted by Gasteiger charge is -2.11. The van der Waals surface area contributed by atoms with E-state index in [1.54, 1.807) is 29.0 Å². The van der Waals surface area contributed by atoms with E-state index < -0.39 is 0 Å². The molecule has 0 aliphatic carbocycles. The van der Waals surface area contributed by atoms with Gasteiger partial charge in [0.2, 0.25) is 5.91 Å². The van der Waals surface area contributed by atoms with Crippen molar-refractivity contribution < 1.29 is 4.79 Å². The Bertz CT molecular complexity index is 1230. The number of benzene rings is 1. The first-order chi connectivity index (χ1) is 15.3. The first-order valence-corrected chi connectivity index (χ1v) is 11.0. The van der Waals surface area contributed by atoms with E-state index in [0.29, 0.717) is 40.8 Å². The van der Waals surface area contributed by atoms with Crippen molar-refractivity contribution in [1.29, 1.82) is 0 Å². The summed E-state index contributed by atoms with van der Waals surface area (Å²) in [6.45, 7) is 6.70. The number of unbranched alkanes of at least 4 members (excludes halogenated alkanes) is 1. The van der Waals surface area contributed by atoms with Gasteiger partial charge in [0.15, 0.2) is 0 Å². The number of aromatic amines is 1. The predicted molar refractivity (Wildman–Crippen MR) is 127 cm³/mol. The number of carbonyl (C=O) groups is 1. The second-order valence-corrected chi connectivity index (χ2v) is 8.37. The molecular formula is C24H27ClN4O3. The van der Waals surface area contributed by atoms with Crippen LogP contribution in [0, 0.1) is 5.92 Å². The van der Waals surface area contributed by atoms with Gasteiger partial charge in [-0.2, -0.15) is 0 Å². The molecule has 0 saturated carbocycles. The minimum absolute atomic E-state index is 0.0521. The molecule has 8 heteroatoms. The Morgan fingerprint density at radius 1 is 1.19 bits per heavy atom. The average molecular weight is 455 g/mol. The van der Waals surface area contributed by atoms with Gasteiger partial charge in [-0.3, -0.25) is 14.4 Å². The number of carbonyl (C=O) groups excluding carboxylic acids is 1. The highest BCUT2D eigenvalue weighted by atomic mass is 35.5. The monoisotopic (exact) mass is 454 g/mol. The minimum Gasteiger partial charge on any atom is -0.352 e. The van der Waals surface area contributed by atoms with E-state index in [1.807, 2.05) is 19.9 Å². The fraction of sp³-hybridized carbons (Fsp3) is 0.333. The summed E-state index contributed by atoms with van der Waals surface area (Å²) in [5.41, 5.74) is 1.82. The van der Waals surface area contributed by atoms with Crippen molar-refractivity contribution in [2.75, 3.05) is 0 Å². The summed E-state index contributed by atoms with van der Waals surface area (Å²) >= 11 is 6.39. The lowest BCUT2D eigenvalue weighted by atomic mass is 10.1. The highest BCUT2D eigenvalue weighted by molar-refractivity contribution is 6.33. The number of pyridine rings is 1. The second-order valence-electron chi connectivity index (χ2n) is 7.97. The second kappa shape index (κ2) is 10.4. The number of hydrogen-bond acceptors (Lipinski definition) is 4. The van der Waals surface area contributed by atoms with Crippen LogP contribution in [0.25, 0.3) is 22.6 Å². The SMILES string of the molecule is CCCCn1ccc(-c2cc(=O)[nH]c(-c3cc(CNC(=O)C(C)C)ccc3Cl)n2)cc1=O. The number of halogens is 1. The van der Waals surface area contributed by atoms with Crippen LogP contribution in [0.15, 0.2) is 52.2 Å². The molecule has 32 heavy (non-hydrogen) atoms. The number of H-pyrrole nitrogens is 1. The average Bonchev–Trinajstić information content (AvgIpc) is 2.76. The molecule has 0 bridgehead atoms. The summed E-state index contributed by atoms with van der Waals surface area (Å²) in [7, 11) is 0. The molecule has 168 valence electrons. The van der Waals surface area contributed by atoms with Crippen molar-refractivity contribution in [3.8, 4) is 22.6 Å². The van der Waals surface area contributed by atoms with Gasteiger partial charge in [0.05, 0.1) is 10.7 Å². The van der Waals surface area contributed by atoms with Crippen molar-refractivity contribution in [2.45, 2.75) is 46.7 Å². The molecule has 0 saturated heterocycles. The Hall–Kier alpha value is -3.19. The van der Waals surface area contributed by atoms with Crippen LogP contribution < -0.4 is 16.4 Å². The number of nitrogens with zero attached hydrogens (tertiary/aromatic N) is 2. The van der Waals surface area contributed by atoms with Gasteiger partial charge >= 0.3 is 0 Å². The van der Waals surface area contributed by atoms with Crippen molar-refractivity contribution in [3.63, 3.8) is 0 Å². The van der Waals surface area contributed by atoms with Gasteiger partial charge in [-0.15, -0.1) is 0 Å². The predicted octanol–water partition coefficient (Wildman–Crippen LogP) is 3.99. The molecule has 0 radical (unpaired) electrons. The zero-order chi connectivity index (χ0) is 23.3. The molecule has 0 fully saturated rings. The Labute approximate surface area is 191 Å². The smallest absolute Gasteiger partial charge is 0.251 e. The van der Waals surface area contributed by atoms with Crippen molar-refractivity contribution in [2.24, 2.45) is 5.92 Å². The lowest BCUT2D eigenvalue weighted by Crippen LogP contribution is -2.27. The Kier molecular flexibility index (Phi) is 7.64. The quantitative estimate of drug-likeness (QED) is 0.537. The molecule has 0 aliphatic rings. The molecule has 3 aromatic rings. The summed E-state index contributed by atoms with van der Waals surface area (Å²) in [6, 6.07) is 9.92. The third-order valence-corrected chi connectivity index (χ3v) is 5.39. The van der Waals surface area contributed by atoms with Gasteiger partial charge in [0.25, 0.3) is 11.1 Å². The van der Waals surface area contributed by atoms with Crippen LogP contribution in [0.1, 0.15) is 39.2 Å². The van der Waals surface area contributed by atoms with Crippen LogP contribution in [0.4, 0.5) is 0 Å². The Balaban J connectivity index is 1.94. The van der Waals surface area contributed by atoms with Crippen LogP contribution in [0.2, 0.25) is 5.02 Å². The number of aryl methyl sites for hydroxylation is 1. The number of rotatable bonds is 8. The van der Waals surface area contributed by atoms with Gasteiger partial charge in [0.1, 0.15) is 5.82 Å². The maximum Gasteiger partial charge on any atom is 0.251 e. The molecule has 0 atom stereocenters. The zero-order valence-electron chi connectivity index (χ0n) is 18.4. The Morgan fingerprint density at radius 3 is 2.66 bits per heavy atom. The first kappa shape index (κ1) is 23.5. The molecule has 2 N–H and O–H groups in total. The molecule has 2 heterocycles. The summed E-state index contributed by atoms with van der Waals surface area (Å²) in [6.07, 6.45) is 3.63. The van der Waals surface area contributed by atoms with Gasteiger partial charge in [0, 0.05) is 48.5 Å². The van der Waals surface area contributed by atoms with E-state index in [0.717, 1.165) is 18.4 Å².